The second-order valence-electron chi connectivity index (χ2n) is 15.3. The second-order valence-corrected chi connectivity index (χ2v) is 15.3. The van der Waals surface area contributed by atoms with Crippen molar-refractivity contribution in [3.63, 3.8) is 0 Å². The fourth-order valence-corrected chi connectivity index (χ4v) is 8.71. The van der Waals surface area contributed by atoms with Crippen LogP contribution in [0.25, 0.3) is 11.3 Å². The third kappa shape index (κ3) is 7.05. The van der Waals surface area contributed by atoms with Gasteiger partial charge in [-0.3, -0.25) is 24.7 Å². The Morgan fingerprint density at radius 3 is 2.47 bits per heavy atom. The number of halogens is 2. The number of phenols is 1. The number of anilines is 3. The molecule has 1 fully saturated rings. The minimum atomic E-state index is -2.78. The quantitative estimate of drug-likeness (QED) is 0.161. The molecule has 0 aliphatic carbocycles. The predicted molar refractivity (Wildman–Crippen MR) is 214 cm³/mol. The zero-order valence-corrected chi connectivity index (χ0v) is 32.3. The van der Waals surface area contributed by atoms with Crippen LogP contribution in [0.4, 0.5) is 26.0 Å². The van der Waals surface area contributed by atoms with Crippen molar-refractivity contribution in [1.29, 1.82) is 0 Å². The molecule has 5 aromatic rings. The molecule has 12 nitrogen and oxygen atoms in total. The minimum Gasteiger partial charge on any atom is -0.508 e. The van der Waals surface area contributed by atoms with Crippen LogP contribution in [0.2, 0.25) is 0 Å². The summed E-state index contributed by atoms with van der Waals surface area (Å²) in [5, 5.41) is 13.8. The maximum Gasteiger partial charge on any atom is 0.264 e. The van der Waals surface area contributed by atoms with Gasteiger partial charge in [0, 0.05) is 80.9 Å². The number of aromatic nitrogens is 2. The number of carbonyl (C=O) groups excluding carboxylic acids is 2. The summed E-state index contributed by atoms with van der Waals surface area (Å²) in [6, 6.07) is 20.2. The summed E-state index contributed by atoms with van der Waals surface area (Å²) in [6.07, 6.45) is -0.428. The molecule has 1 unspecified atom stereocenters. The molecule has 0 radical (unpaired) electrons. The Labute approximate surface area is 334 Å². The number of hydrogen-bond donors (Lipinski definition) is 2. The number of nitrogens with zero attached hydrogens (tertiary/aromatic N) is 5. The van der Waals surface area contributed by atoms with E-state index in [2.05, 4.69) is 21.3 Å². The number of carbonyl (C=O) groups is 2. The highest BCUT2D eigenvalue weighted by atomic mass is 19.3. The lowest BCUT2D eigenvalue weighted by Crippen LogP contribution is -2.51. The van der Waals surface area contributed by atoms with Gasteiger partial charge in [0.25, 0.3) is 5.91 Å². The molecule has 9 rings (SSSR count). The summed E-state index contributed by atoms with van der Waals surface area (Å²) < 4.78 is 47.8. The fraction of sp³-hybridized carbons (Fsp3) is 0.341. The van der Waals surface area contributed by atoms with Crippen molar-refractivity contribution in [2.45, 2.75) is 37.8 Å². The third-order valence-electron chi connectivity index (χ3n) is 11.6. The largest absolute Gasteiger partial charge is 0.508 e. The van der Waals surface area contributed by atoms with E-state index in [9.17, 15) is 13.9 Å². The van der Waals surface area contributed by atoms with E-state index in [1.165, 1.54) is 17.0 Å². The monoisotopic (exact) mass is 790 g/mol. The summed E-state index contributed by atoms with van der Waals surface area (Å²) in [5.74, 6) is 0.818. The number of Topliss-reactive ketones (excluding diaryl/α,β-unsaturated/α-hetero) is 1. The van der Waals surface area contributed by atoms with Gasteiger partial charge in [-0.15, -0.1) is 0 Å². The molecule has 58 heavy (non-hydrogen) atoms. The summed E-state index contributed by atoms with van der Waals surface area (Å²) in [5.41, 5.74) is 4.99. The van der Waals surface area contributed by atoms with Gasteiger partial charge in [-0.25, -0.2) is 13.8 Å². The average molecular weight is 791 g/mol. The zero-order chi connectivity index (χ0) is 40.1. The van der Waals surface area contributed by atoms with Gasteiger partial charge in [0.2, 0.25) is 13.2 Å². The molecule has 14 heteroatoms. The Morgan fingerprint density at radius 1 is 0.931 bits per heavy atom. The molecular formula is C44H44F2N6O6. The first-order valence-electron chi connectivity index (χ1n) is 19.6. The number of amides is 1. The number of nitrogens with one attached hydrogen (secondary N) is 1. The van der Waals surface area contributed by atoms with Crippen LogP contribution in [-0.4, -0.2) is 96.9 Å². The normalized spacial score (nSPS) is 18.7. The first-order valence-corrected chi connectivity index (χ1v) is 19.6. The molecule has 2 atom stereocenters. The second kappa shape index (κ2) is 15.5. The van der Waals surface area contributed by atoms with Crippen LogP contribution in [0.5, 0.6) is 17.2 Å². The number of alkyl halides is 2. The average Bonchev–Trinajstić information content (AvgIpc) is 3.94. The Kier molecular flexibility index (Phi) is 10.1. The molecule has 4 aliphatic rings. The van der Waals surface area contributed by atoms with Gasteiger partial charge in [0.15, 0.2) is 17.3 Å². The van der Waals surface area contributed by atoms with E-state index in [0.717, 1.165) is 61.5 Å². The zero-order valence-electron chi connectivity index (χ0n) is 32.3. The van der Waals surface area contributed by atoms with Crippen molar-refractivity contribution >= 4 is 28.9 Å². The lowest BCUT2D eigenvalue weighted by molar-refractivity contribution is 0.0323. The molecule has 1 amide bonds. The summed E-state index contributed by atoms with van der Waals surface area (Å²) in [4.78, 5) is 40.6. The molecule has 2 aromatic heterocycles. The van der Waals surface area contributed by atoms with Crippen molar-refractivity contribution < 1.29 is 37.7 Å². The first kappa shape index (κ1) is 37.7. The van der Waals surface area contributed by atoms with Crippen LogP contribution in [0.15, 0.2) is 79.0 Å². The molecule has 300 valence electrons. The first-order chi connectivity index (χ1) is 28.1. The van der Waals surface area contributed by atoms with E-state index in [1.54, 1.807) is 48.1 Å². The summed E-state index contributed by atoms with van der Waals surface area (Å²) >= 11 is 0. The van der Waals surface area contributed by atoms with Gasteiger partial charge in [-0.1, -0.05) is 24.3 Å². The molecule has 2 N–H and O–H groups in total. The van der Waals surface area contributed by atoms with Gasteiger partial charge in [0.05, 0.1) is 36.7 Å². The van der Waals surface area contributed by atoms with Crippen molar-refractivity contribution in [2.24, 2.45) is 7.05 Å². The molecule has 0 spiro atoms. The fourth-order valence-electron chi connectivity index (χ4n) is 8.71. The Balaban J connectivity index is 1.15. The maximum absolute atomic E-state index is 15.1. The number of morpholine rings is 1. The number of aromatic hydroxyl groups is 1. The van der Waals surface area contributed by atoms with Crippen LogP contribution < -0.4 is 24.6 Å². The highest BCUT2D eigenvalue weighted by Crippen LogP contribution is 2.43. The smallest absolute Gasteiger partial charge is 0.264 e. The Bertz CT molecular complexity index is 2380. The number of pyridine rings is 1. The predicted octanol–water partition coefficient (Wildman–Crippen LogP) is 6.07. The van der Waals surface area contributed by atoms with Gasteiger partial charge in [-0.05, 0) is 78.1 Å². The minimum absolute atomic E-state index is 0.00717. The van der Waals surface area contributed by atoms with Gasteiger partial charge >= 0.3 is 0 Å². The Hall–Kier alpha value is -5.83. The number of hydrogen-bond acceptors (Lipinski definition) is 10. The number of rotatable bonds is 10. The van der Waals surface area contributed by atoms with Crippen LogP contribution in [0, 0.1) is 0 Å². The third-order valence-corrected chi connectivity index (χ3v) is 11.6. The number of fused-ring (bicyclic) bond motifs is 3. The number of likely N-dealkylation sites (N-methyl/N-ethyl adjacent to an activating group) is 1. The standard InChI is InChI=1S/C44H44F2N6O6/c1-49-12-11-27-18-30(23-47-43(27)49)52(29-7-9-31(53)10-8-29)44(55)35-19-36(50(2)37(35)22-40(45)46)33-20-38-39(58-25-57-38)21-34(33)42(54)41-32-6-4-3-5-26(32)17-28(48-41)24-51-13-15-56-16-14-51/h3-10,18-21,23,28,40-41,48,53H,11-17,22,24-25H2,1-2H3/t28-,41?/m0/s1. The van der Waals surface area contributed by atoms with Gasteiger partial charge in [-0.2, -0.15) is 0 Å². The number of phenolic OH excluding ortho intramolecular Hbond substituents is 1. The highest BCUT2D eigenvalue weighted by molar-refractivity contribution is 6.13. The van der Waals surface area contributed by atoms with Crippen LogP contribution in [-0.2, 0) is 31.0 Å². The molecular weight excluding hydrogens is 747 g/mol. The van der Waals surface area contributed by atoms with E-state index < -0.39 is 24.8 Å². The van der Waals surface area contributed by atoms with Crippen molar-refractivity contribution in [3.8, 4) is 28.5 Å². The summed E-state index contributed by atoms with van der Waals surface area (Å²) in [7, 11) is 3.58. The number of ketones is 1. The molecule has 0 bridgehead atoms. The number of ether oxygens (including phenoxy) is 3. The van der Waals surface area contributed by atoms with Crippen molar-refractivity contribution in [1.82, 2.24) is 19.8 Å². The molecule has 1 saturated heterocycles. The van der Waals surface area contributed by atoms with Crippen LogP contribution >= 0.6 is 0 Å². The van der Waals surface area contributed by atoms with E-state index in [0.29, 0.717) is 52.9 Å². The molecule has 0 saturated carbocycles. The topological polar surface area (TPSA) is 122 Å². The van der Waals surface area contributed by atoms with Crippen LogP contribution in [0.1, 0.15) is 49.1 Å². The number of benzene rings is 3. The maximum atomic E-state index is 15.1. The molecule has 4 aliphatic heterocycles. The van der Waals surface area contributed by atoms with Gasteiger partial charge in [0.1, 0.15) is 11.6 Å². The lowest BCUT2D eigenvalue weighted by atomic mass is 9.85. The SMILES string of the molecule is CN1CCc2cc(N(C(=O)c3cc(-c4cc5c(cc4C(=O)C4N[C@H](CN6CCOCC6)Cc6ccccc64)OCO5)n(C)c3CC(F)F)c3ccc(O)cc3)cnc21. The molecule has 3 aromatic carbocycles. The Morgan fingerprint density at radius 2 is 1.69 bits per heavy atom. The molecule has 6 heterocycles. The highest BCUT2D eigenvalue weighted by Gasteiger charge is 2.36. The lowest BCUT2D eigenvalue weighted by Gasteiger charge is -2.37. The van der Waals surface area contributed by atoms with E-state index in [1.807, 2.05) is 36.2 Å². The van der Waals surface area contributed by atoms with E-state index in [-0.39, 0.29) is 35.6 Å². The van der Waals surface area contributed by atoms with E-state index >= 15 is 9.59 Å². The summed E-state index contributed by atoms with van der Waals surface area (Å²) in [6.45, 7) is 4.41. The van der Waals surface area contributed by atoms with E-state index in [4.69, 9.17) is 14.2 Å². The van der Waals surface area contributed by atoms with Crippen molar-refractivity contribution in [3.05, 3.63) is 113 Å². The van der Waals surface area contributed by atoms with Gasteiger partial charge < -0.3 is 28.8 Å². The van der Waals surface area contributed by atoms with Crippen LogP contribution in [0.3, 0.4) is 0 Å². The van der Waals surface area contributed by atoms with Crippen molar-refractivity contribution in [2.75, 3.05) is 63.0 Å².